The van der Waals surface area contributed by atoms with Crippen molar-refractivity contribution in [3.8, 4) is 0 Å². The third kappa shape index (κ3) is 10.3. The van der Waals surface area contributed by atoms with Gasteiger partial charge in [-0.25, -0.2) is 9.59 Å². The lowest BCUT2D eigenvalue weighted by atomic mass is 9.84. The lowest BCUT2D eigenvalue weighted by Gasteiger charge is -2.37. The van der Waals surface area contributed by atoms with Crippen LogP contribution >= 0.6 is 35.7 Å². The van der Waals surface area contributed by atoms with Gasteiger partial charge in [0.05, 0.1) is 10.8 Å². The molecule has 0 saturated carbocycles. The average Bonchev–Trinajstić information content (AvgIpc) is 3.15. The molecule has 10 heteroatoms. The van der Waals surface area contributed by atoms with E-state index >= 15 is 0 Å². The van der Waals surface area contributed by atoms with Crippen LogP contribution in [0.1, 0.15) is 49.4 Å². The third-order valence-corrected chi connectivity index (χ3v) is 11.4. The van der Waals surface area contributed by atoms with Gasteiger partial charge in [0, 0.05) is 28.9 Å². The van der Waals surface area contributed by atoms with E-state index in [1.807, 2.05) is 81.6 Å². The summed E-state index contributed by atoms with van der Waals surface area (Å²) in [5.74, 6) is 0.318. The summed E-state index contributed by atoms with van der Waals surface area (Å²) in [5.41, 5.74) is 4.37. The van der Waals surface area contributed by atoms with Crippen molar-refractivity contribution in [1.82, 2.24) is 10.6 Å². The average molecular weight is 766 g/mol. The van der Waals surface area contributed by atoms with Gasteiger partial charge >= 0.3 is 12.1 Å². The first-order chi connectivity index (χ1) is 25.5. The van der Waals surface area contributed by atoms with Crippen molar-refractivity contribution in [2.24, 2.45) is 0 Å². The minimum Gasteiger partial charge on any atom is -0.480 e. The van der Waals surface area contributed by atoms with Crippen LogP contribution in [0.15, 0.2) is 127 Å². The van der Waals surface area contributed by atoms with Crippen LogP contribution in [0.4, 0.5) is 10.5 Å². The molecule has 0 spiro atoms. The number of amides is 1. The Morgan fingerprint density at radius 3 is 1.83 bits per heavy atom. The van der Waals surface area contributed by atoms with E-state index in [9.17, 15) is 14.7 Å². The summed E-state index contributed by atoms with van der Waals surface area (Å²) in [4.78, 5) is 25.7. The van der Waals surface area contributed by atoms with Gasteiger partial charge in [-0.3, -0.25) is 0 Å². The first-order valence-electron chi connectivity index (χ1n) is 17.6. The van der Waals surface area contributed by atoms with Crippen LogP contribution in [0.25, 0.3) is 10.8 Å². The number of benzene rings is 5. The van der Waals surface area contributed by atoms with E-state index in [2.05, 4.69) is 88.7 Å². The molecule has 0 bridgehead atoms. The number of ether oxygens (including phenoxy) is 1. The second-order valence-electron chi connectivity index (χ2n) is 13.7. The lowest BCUT2D eigenvalue weighted by molar-refractivity contribution is -0.139. The molecule has 0 aliphatic heterocycles. The summed E-state index contributed by atoms with van der Waals surface area (Å²) < 4.78 is 5.17. The van der Waals surface area contributed by atoms with Gasteiger partial charge in [0.2, 0.25) is 0 Å². The van der Waals surface area contributed by atoms with E-state index in [4.69, 9.17) is 17.0 Å². The van der Waals surface area contributed by atoms with Crippen molar-refractivity contribution in [2.45, 2.75) is 49.6 Å². The minimum absolute atomic E-state index is 0.348. The number of fused-ring (bicyclic) bond motifs is 1. The Hall–Kier alpha value is -4.51. The zero-order valence-electron chi connectivity index (χ0n) is 30.5. The van der Waals surface area contributed by atoms with E-state index in [0.717, 1.165) is 38.7 Å². The minimum atomic E-state index is -0.929. The molecular weight excluding hydrogens is 719 g/mol. The molecule has 4 N–H and O–H groups in total. The molecule has 5 rings (SSSR count). The number of alkyl carbamates (subject to hydrolysis) is 1. The molecule has 5 aromatic rings. The summed E-state index contributed by atoms with van der Waals surface area (Å²) in [6.45, 7) is 5.97. The van der Waals surface area contributed by atoms with Gasteiger partial charge in [0.1, 0.15) is 16.6 Å². The molecule has 0 saturated heterocycles. The Kier molecular flexibility index (Phi) is 13.9. The number of nitrogens with one attached hydrogen (secondary N) is 3. The smallest absolute Gasteiger partial charge is 0.407 e. The van der Waals surface area contributed by atoms with E-state index in [1.165, 1.54) is 0 Å². The van der Waals surface area contributed by atoms with E-state index in [1.54, 1.807) is 23.5 Å². The van der Waals surface area contributed by atoms with Crippen molar-refractivity contribution in [3.63, 3.8) is 0 Å². The number of thiocarbonyl (C=S) groups is 1. The maximum Gasteiger partial charge on any atom is 0.407 e. The van der Waals surface area contributed by atoms with Crippen LogP contribution in [-0.2, 0) is 14.3 Å². The van der Waals surface area contributed by atoms with Crippen molar-refractivity contribution in [3.05, 3.63) is 150 Å². The van der Waals surface area contributed by atoms with Gasteiger partial charge in [-0.1, -0.05) is 134 Å². The molecule has 0 radical (unpaired) electrons. The highest BCUT2D eigenvalue weighted by Gasteiger charge is 2.38. The predicted molar refractivity (Wildman–Crippen MR) is 227 cm³/mol. The molecule has 7 nitrogen and oxygen atoms in total. The van der Waals surface area contributed by atoms with Gasteiger partial charge in [-0.05, 0) is 67.3 Å². The second kappa shape index (κ2) is 18.5. The normalized spacial score (nSPS) is 12.8. The molecule has 0 unspecified atom stereocenters. The molecule has 0 aromatic heterocycles. The van der Waals surface area contributed by atoms with Gasteiger partial charge in [0.25, 0.3) is 0 Å². The van der Waals surface area contributed by atoms with Crippen LogP contribution < -0.4 is 16.0 Å². The van der Waals surface area contributed by atoms with Crippen molar-refractivity contribution >= 4 is 69.3 Å². The van der Waals surface area contributed by atoms with Gasteiger partial charge in [-0.15, -0.1) is 11.8 Å². The number of hydrogen-bond acceptors (Lipinski definition) is 7. The summed E-state index contributed by atoms with van der Waals surface area (Å²) in [6.07, 6.45) is 1.92. The summed E-state index contributed by atoms with van der Waals surface area (Å²) in [6, 6.07) is 42.1. The highest BCUT2D eigenvalue weighted by Crippen LogP contribution is 2.48. The number of hydrogen-bond donors (Lipinski definition) is 4. The zero-order valence-corrected chi connectivity index (χ0v) is 33.0. The van der Waals surface area contributed by atoms with E-state index in [-0.39, 0.29) is 6.04 Å². The molecule has 2 atom stereocenters. The van der Waals surface area contributed by atoms with Crippen molar-refractivity contribution in [2.75, 3.05) is 29.6 Å². The highest BCUT2D eigenvalue weighted by molar-refractivity contribution is 8.00. The standard InChI is InChI=1S/C43H47N3O4S3/c1-42(2,3)50-41(49)45-33(29-53-43(30-16-8-5-9-17-30,31-18-10-6-11-19-31)32-20-12-7-13-21-32)28-44-37-25-15-22-34-35(37)23-14-24-36(34)39(51)46-38(40(47)48)26-27-52-4/h5-25,33,38,44H,26-29H2,1-4H3,(H,45,49)(H,46,51)(H,47,48)/t33-,38+/m1/s1. The number of thioether (sulfide) groups is 2. The molecule has 53 heavy (non-hydrogen) atoms. The second-order valence-corrected chi connectivity index (χ2v) is 16.3. The number of anilines is 1. The SMILES string of the molecule is CSCC[C@H](NC(=S)c1cccc2c(NC[C@H](CSC(c3ccccc3)(c3ccccc3)c3ccccc3)NC(=O)OC(C)(C)C)cccc12)C(=O)O. The number of aliphatic carboxylic acids is 1. The van der Waals surface area contributed by atoms with Crippen LogP contribution in [0.2, 0.25) is 0 Å². The quantitative estimate of drug-likeness (QED) is 0.0579. The number of carboxylic acid groups (broad SMARTS) is 1. The van der Waals surface area contributed by atoms with Gasteiger partial charge < -0.3 is 25.8 Å². The zero-order chi connectivity index (χ0) is 37.8. The Balaban J connectivity index is 1.47. The molecule has 0 aliphatic carbocycles. The Morgan fingerprint density at radius 2 is 1.30 bits per heavy atom. The molecule has 5 aromatic carbocycles. The maximum atomic E-state index is 13.3. The summed E-state index contributed by atoms with van der Waals surface area (Å²) in [5, 5.41) is 21.5. The van der Waals surface area contributed by atoms with E-state index in [0.29, 0.717) is 29.5 Å². The first kappa shape index (κ1) is 39.7. The Bertz CT molecular complexity index is 1870. The van der Waals surface area contributed by atoms with E-state index < -0.39 is 28.5 Å². The van der Waals surface area contributed by atoms with Gasteiger partial charge in [0.15, 0.2) is 0 Å². The van der Waals surface area contributed by atoms with Gasteiger partial charge in [-0.2, -0.15) is 11.8 Å². The largest absolute Gasteiger partial charge is 0.480 e. The van der Waals surface area contributed by atoms with Crippen molar-refractivity contribution < 1.29 is 19.4 Å². The fourth-order valence-electron chi connectivity index (χ4n) is 6.24. The molecular formula is C43H47N3O4S3. The van der Waals surface area contributed by atoms with Crippen LogP contribution in [-0.4, -0.2) is 64.1 Å². The highest BCUT2D eigenvalue weighted by atomic mass is 32.2. The number of carbonyl (C=O) groups is 2. The fourth-order valence-corrected chi connectivity index (χ4v) is 8.60. The van der Waals surface area contributed by atoms with Crippen LogP contribution in [0, 0.1) is 0 Å². The monoisotopic (exact) mass is 765 g/mol. The van der Waals surface area contributed by atoms with Crippen LogP contribution in [0.3, 0.4) is 0 Å². The number of rotatable bonds is 16. The molecule has 0 aliphatic rings. The molecule has 1 amide bonds. The number of carboxylic acids is 1. The summed E-state index contributed by atoms with van der Waals surface area (Å²) >= 11 is 9.13. The third-order valence-electron chi connectivity index (χ3n) is 8.68. The summed E-state index contributed by atoms with van der Waals surface area (Å²) in [7, 11) is 0. The lowest BCUT2D eigenvalue weighted by Crippen LogP contribution is -2.45. The Morgan fingerprint density at radius 1 is 0.755 bits per heavy atom. The molecule has 0 heterocycles. The fraction of sp³-hybridized carbons (Fsp3) is 0.279. The topological polar surface area (TPSA) is 99.7 Å². The molecule has 276 valence electrons. The van der Waals surface area contributed by atoms with Crippen molar-refractivity contribution in [1.29, 1.82) is 0 Å². The number of carbonyl (C=O) groups excluding carboxylic acids is 1. The maximum absolute atomic E-state index is 13.3. The predicted octanol–water partition coefficient (Wildman–Crippen LogP) is 9.34. The van der Waals surface area contributed by atoms with Crippen LogP contribution in [0.5, 0.6) is 0 Å². The molecule has 0 fully saturated rings. The first-order valence-corrected chi connectivity index (χ1v) is 20.4. The Labute approximate surface area is 326 Å².